The van der Waals surface area contributed by atoms with Gasteiger partial charge in [-0.15, -0.1) is 0 Å². The molecule has 1 N–H and O–H groups in total. The Bertz CT molecular complexity index is 701. The highest BCUT2D eigenvalue weighted by molar-refractivity contribution is 7.99. The van der Waals surface area contributed by atoms with Crippen LogP contribution in [0.2, 0.25) is 0 Å². The maximum atomic E-state index is 12.6. The van der Waals surface area contributed by atoms with Crippen LogP contribution in [-0.2, 0) is 6.18 Å². The molecular weight excluding hydrogens is 305 g/mol. The van der Waals surface area contributed by atoms with Gasteiger partial charge < -0.3 is 4.98 Å². The maximum absolute atomic E-state index is 12.6. The number of aryl methyl sites for hydroxylation is 1. The molecule has 0 saturated carbocycles. The van der Waals surface area contributed by atoms with Gasteiger partial charge in [-0.25, -0.2) is 15.0 Å². The molecule has 0 unspecified atom stereocenters. The van der Waals surface area contributed by atoms with E-state index in [-0.39, 0.29) is 16.0 Å². The van der Waals surface area contributed by atoms with E-state index in [1.807, 2.05) is 0 Å². The lowest BCUT2D eigenvalue weighted by Gasteiger charge is -2.11. The van der Waals surface area contributed by atoms with Gasteiger partial charge in [-0.1, -0.05) is 11.8 Å². The standard InChI is InChI=1S/C12H11F3N4OS/c1-6-5-9(20)19-10(17-6)7(2)21-11-16-4-3-8(18-11)12(13,14)15/h3-5,7H,1-2H3,(H,17,19,20)/t7-/m0/s1. The lowest BCUT2D eigenvalue weighted by molar-refractivity contribution is -0.141. The summed E-state index contributed by atoms with van der Waals surface area (Å²) < 4.78 is 37.7. The fourth-order valence-electron chi connectivity index (χ4n) is 1.56. The van der Waals surface area contributed by atoms with Crippen molar-refractivity contribution in [3.8, 4) is 0 Å². The van der Waals surface area contributed by atoms with Crippen LogP contribution in [0.4, 0.5) is 13.2 Å². The molecule has 0 amide bonds. The lowest BCUT2D eigenvalue weighted by atomic mass is 10.4. The van der Waals surface area contributed by atoms with Crippen molar-refractivity contribution < 1.29 is 13.2 Å². The maximum Gasteiger partial charge on any atom is 0.433 e. The molecule has 0 saturated heterocycles. The number of thioether (sulfide) groups is 1. The number of alkyl halides is 3. The molecule has 2 aromatic rings. The van der Waals surface area contributed by atoms with E-state index in [4.69, 9.17) is 0 Å². The second-order valence-electron chi connectivity index (χ2n) is 4.25. The first-order chi connectivity index (χ1) is 9.75. The normalized spacial score (nSPS) is 13.2. The molecule has 21 heavy (non-hydrogen) atoms. The van der Waals surface area contributed by atoms with Crippen molar-refractivity contribution >= 4 is 11.8 Å². The van der Waals surface area contributed by atoms with E-state index in [0.29, 0.717) is 11.5 Å². The van der Waals surface area contributed by atoms with Gasteiger partial charge in [0.05, 0.1) is 5.25 Å². The van der Waals surface area contributed by atoms with Crippen LogP contribution < -0.4 is 5.56 Å². The zero-order valence-corrected chi connectivity index (χ0v) is 11.9. The smallest absolute Gasteiger partial charge is 0.310 e. The molecular formula is C12H11F3N4OS. The Labute approximate surface area is 122 Å². The van der Waals surface area contributed by atoms with E-state index in [2.05, 4.69) is 19.9 Å². The molecule has 0 bridgehead atoms. The van der Waals surface area contributed by atoms with Crippen LogP contribution in [-0.4, -0.2) is 19.9 Å². The van der Waals surface area contributed by atoms with Gasteiger partial charge in [0.15, 0.2) is 5.16 Å². The van der Waals surface area contributed by atoms with E-state index < -0.39 is 11.9 Å². The summed E-state index contributed by atoms with van der Waals surface area (Å²) in [6.07, 6.45) is -3.46. The van der Waals surface area contributed by atoms with Crippen molar-refractivity contribution in [2.75, 3.05) is 0 Å². The molecule has 0 aliphatic carbocycles. The number of aromatic nitrogens is 4. The van der Waals surface area contributed by atoms with Gasteiger partial charge in [0, 0.05) is 18.0 Å². The summed E-state index contributed by atoms with van der Waals surface area (Å²) in [5.41, 5.74) is -0.779. The summed E-state index contributed by atoms with van der Waals surface area (Å²) in [4.78, 5) is 25.3. The SMILES string of the molecule is Cc1cc(=O)[nH]c([C@H](C)Sc2nccc(C(F)(F)F)n2)n1. The molecule has 112 valence electrons. The van der Waals surface area contributed by atoms with Crippen LogP contribution in [0.25, 0.3) is 0 Å². The first-order valence-electron chi connectivity index (χ1n) is 5.90. The number of nitrogens with one attached hydrogen (secondary N) is 1. The van der Waals surface area contributed by atoms with E-state index in [0.717, 1.165) is 24.0 Å². The number of H-pyrrole nitrogens is 1. The monoisotopic (exact) mass is 316 g/mol. The first-order valence-corrected chi connectivity index (χ1v) is 6.78. The zero-order valence-electron chi connectivity index (χ0n) is 11.1. The molecule has 0 spiro atoms. The topological polar surface area (TPSA) is 71.5 Å². The van der Waals surface area contributed by atoms with Gasteiger partial charge in [0.2, 0.25) is 0 Å². The van der Waals surface area contributed by atoms with E-state index in [1.165, 1.54) is 6.07 Å². The Kier molecular flexibility index (Phi) is 4.31. The van der Waals surface area contributed by atoms with Crippen molar-refractivity contribution in [1.82, 2.24) is 19.9 Å². The van der Waals surface area contributed by atoms with Crippen molar-refractivity contribution in [3.63, 3.8) is 0 Å². The number of halogens is 3. The van der Waals surface area contributed by atoms with Gasteiger partial charge in [-0.2, -0.15) is 13.2 Å². The summed E-state index contributed by atoms with van der Waals surface area (Å²) in [7, 11) is 0. The van der Waals surface area contributed by atoms with Crippen molar-refractivity contribution in [3.05, 3.63) is 45.9 Å². The minimum absolute atomic E-state index is 0.0264. The third kappa shape index (κ3) is 4.03. The van der Waals surface area contributed by atoms with Gasteiger partial charge in [0.25, 0.3) is 5.56 Å². The molecule has 0 aromatic carbocycles. The summed E-state index contributed by atoms with van der Waals surface area (Å²) in [6.45, 7) is 3.36. The van der Waals surface area contributed by atoms with Gasteiger partial charge >= 0.3 is 6.18 Å². The predicted octanol–water partition coefficient (Wildman–Crippen LogP) is 2.74. The molecule has 9 heteroatoms. The average Bonchev–Trinajstić information content (AvgIpc) is 2.37. The predicted molar refractivity (Wildman–Crippen MR) is 70.9 cm³/mol. The highest BCUT2D eigenvalue weighted by atomic mass is 32.2. The molecule has 0 aliphatic heterocycles. The summed E-state index contributed by atoms with van der Waals surface area (Å²) in [5.74, 6) is 0.367. The van der Waals surface area contributed by atoms with Crippen LogP contribution in [0.5, 0.6) is 0 Å². The number of hydrogen-bond donors (Lipinski definition) is 1. The van der Waals surface area contributed by atoms with E-state index in [9.17, 15) is 18.0 Å². The lowest BCUT2D eigenvalue weighted by Crippen LogP contribution is -2.13. The first kappa shape index (κ1) is 15.5. The van der Waals surface area contributed by atoms with Crippen molar-refractivity contribution in [1.29, 1.82) is 0 Å². The highest BCUT2D eigenvalue weighted by Crippen LogP contribution is 2.33. The summed E-state index contributed by atoms with van der Waals surface area (Å²) in [6, 6.07) is 2.14. The number of hydrogen-bond acceptors (Lipinski definition) is 5. The number of aromatic amines is 1. The van der Waals surface area contributed by atoms with Crippen molar-refractivity contribution in [2.24, 2.45) is 0 Å². The summed E-state index contributed by atoms with van der Waals surface area (Å²) >= 11 is 0.989. The van der Waals surface area contributed by atoms with Crippen LogP contribution >= 0.6 is 11.8 Å². The number of rotatable bonds is 3. The third-order valence-corrected chi connectivity index (χ3v) is 3.46. The molecule has 2 heterocycles. The minimum atomic E-state index is -4.52. The second-order valence-corrected chi connectivity index (χ2v) is 5.56. The van der Waals surface area contributed by atoms with Gasteiger partial charge in [-0.3, -0.25) is 4.79 Å². The van der Waals surface area contributed by atoms with Crippen LogP contribution in [0, 0.1) is 6.92 Å². The number of nitrogens with zero attached hydrogens (tertiary/aromatic N) is 3. The zero-order chi connectivity index (χ0) is 15.6. The third-order valence-electron chi connectivity index (χ3n) is 2.48. The molecule has 0 radical (unpaired) electrons. The van der Waals surface area contributed by atoms with Gasteiger partial charge in [-0.05, 0) is 19.9 Å². The Morgan fingerprint density at radius 1 is 1.33 bits per heavy atom. The van der Waals surface area contributed by atoms with E-state index in [1.54, 1.807) is 13.8 Å². The van der Waals surface area contributed by atoms with Crippen molar-refractivity contribution in [2.45, 2.75) is 30.4 Å². The molecule has 0 aliphatic rings. The minimum Gasteiger partial charge on any atom is -0.310 e. The van der Waals surface area contributed by atoms with Gasteiger partial charge in [0.1, 0.15) is 11.5 Å². The Morgan fingerprint density at radius 3 is 2.67 bits per heavy atom. The quantitative estimate of drug-likeness (QED) is 0.696. The molecule has 2 aromatic heterocycles. The molecule has 0 fully saturated rings. The molecule has 1 atom stereocenters. The van der Waals surface area contributed by atoms with Crippen LogP contribution in [0.3, 0.4) is 0 Å². The fraction of sp³-hybridized carbons (Fsp3) is 0.333. The van der Waals surface area contributed by atoms with E-state index >= 15 is 0 Å². The fourth-order valence-corrected chi connectivity index (χ4v) is 2.38. The Balaban J connectivity index is 2.23. The second kappa shape index (κ2) is 5.84. The highest BCUT2D eigenvalue weighted by Gasteiger charge is 2.33. The average molecular weight is 316 g/mol. The molecule has 5 nitrogen and oxygen atoms in total. The Morgan fingerprint density at radius 2 is 2.05 bits per heavy atom. The van der Waals surface area contributed by atoms with Crippen LogP contribution in [0.15, 0.2) is 28.3 Å². The Hall–Kier alpha value is -1.90. The van der Waals surface area contributed by atoms with Crippen LogP contribution in [0.1, 0.15) is 29.4 Å². The largest absolute Gasteiger partial charge is 0.433 e. The summed E-state index contributed by atoms with van der Waals surface area (Å²) in [5, 5.41) is -0.414. The molecule has 2 rings (SSSR count).